The van der Waals surface area contributed by atoms with Crippen LogP contribution in [0.1, 0.15) is 23.8 Å². The SMILES string of the molecule is CCOc1ccc(CNC(=O)Cn2cnc3oc(C)c(C)c3c2=O)cc1. The van der Waals surface area contributed by atoms with Crippen LogP contribution in [-0.2, 0) is 17.9 Å². The number of carbonyl (C=O) groups is 1. The third-order valence-electron chi connectivity index (χ3n) is 4.19. The van der Waals surface area contributed by atoms with E-state index in [9.17, 15) is 9.59 Å². The Kier molecular flexibility index (Phi) is 5.06. The number of fused-ring (bicyclic) bond motifs is 1. The van der Waals surface area contributed by atoms with E-state index in [-0.39, 0.29) is 18.0 Å². The molecule has 0 saturated heterocycles. The van der Waals surface area contributed by atoms with Gasteiger partial charge in [0.05, 0.1) is 6.61 Å². The van der Waals surface area contributed by atoms with Crippen LogP contribution in [0.5, 0.6) is 5.75 Å². The lowest BCUT2D eigenvalue weighted by Crippen LogP contribution is -2.32. The van der Waals surface area contributed by atoms with Gasteiger partial charge >= 0.3 is 0 Å². The van der Waals surface area contributed by atoms with Gasteiger partial charge in [-0.05, 0) is 38.5 Å². The zero-order chi connectivity index (χ0) is 18.7. The molecule has 0 atom stereocenters. The van der Waals surface area contributed by atoms with Gasteiger partial charge in [-0.3, -0.25) is 14.2 Å². The van der Waals surface area contributed by atoms with Crippen molar-refractivity contribution in [2.75, 3.05) is 6.61 Å². The summed E-state index contributed by atoms with van der Waals surface area (Å²) in [6.07, 6.45) is 1.34. The Hall–Kier alpha value is -3.09. The van der Waals surface area contributed by atoms with Crippen molar-refractivity contribution in [2.45, 2.75) is 33.9 Å². The standard InChI is InChI=1S/C19H21N3O4/c1-4-25-15-7-5-14(6-8-15)9-20-16(23)10-22-11-21-18-17(19(22)24)12(2)13(3)26-18/h5-8,11H,4,9-10H2,1-3H3,(H,20,23). The molecule has 2 heterocycles. The molecule has 3 rings (SSSR count). The van der Waals surface area contributed by atoms with E-state index in [0.29, 0.717) is 30.0 Å². The number of nitrogens with zero attached hydrogens (tertiary/aromatic N) is 2. The Morgan fingerprint density at radius 3 is 2.69 bits per heavy atom. The molecule has 0 fully saturated rings. The zero-order valence-corrected chi connectivity index (χ0v) is 15.0. The van der Waals surface area contributed by atoms with Crippen molar-refractivity contribution in [3.05, 3.63) is 57.8 Å². The number of furan rings is 1. The van der Waals surface area contributed by atoms with E-state index in [1.54, 1.807) is 13.8 Å². The van der Waals surface area contributed by atoms with Crippen LogP contribution in [0.15, 0.2) is 39.8 Å². The molecule has 1 aromatic carbocycles. The minimum absolute atomic E-state index is 0.0948. The maximum Gasteiger partial charge on any atom is 0.265 e. The Labute approximate surface area is 150 Å². The van der Waals surface area contributed by atoms with E-state index in [1.165, 1.54) is 10.9 Å². The molecule has 136 valence electrons. The first-order valence-electron chi connectivity index (χ1n) is 8.43. The van der Waals surface area contributed by atoms with Crippen LogP contribution in [0.2, 0.25) is 0 Å². The lowest BCUT2D eigenvalue weighted by Gasteiger charge is -2.08. The predicted octanol–water partition coefficient (Wildman–Crippen LogP) is 2.32. The lowest BCUT2D eigenvalue weighted by atomic mass is 10.2. The van der Waals surface area contributed by atoms with Crippen LogP contribution in [-0.4, -0.2) is 22.1 Å². The van der Waals surface area contributed by atoms with Gasteiger partial charge in [0.25, 0.3) is 5.56 Å². The van der Waals surface area contributed by atoms with Crippen molar-refractivity contribution in [3.63, 3.8) is 0 Å². The van der Waals surface area contributed by atoms with Gasteiger partial charge < -0.3 is 14.5 Å². The quantitative estimate of drug-likeness (QED) is 0.733. The van der Waals surface area contributed by atoms with E-state index in [1.807, 2.05) is 31.2 Å². The Morgan fingerprint density at radius 1 is 1.27 bits per heavy atom. The summed E-state index contributed by atoms with van der Waals surface area (Å²) in [7, 11) is 0. The Balaban J connectivity index is 1.66. The van der Waals surface area contributed by atoms with Gasteiger partial charge in [-0.1, -0.05) is 12.1 Å². The molecule has 0 aliphatic carbocycles. The molecule has 0 aliphatic rings. The average molecular weight is 355 g/mol. The number of aryl methyl sites for hydroxylation is 2. The molecule has 7 heteroatoms. The van der Waals surface area contributed by atoms with Crippen LogP contribution >= 0.6 is 0 Å². The fraction of sp³-hybridized carbons (Fsp3) is 0.316. The molecule has 0 unspecified atom stereocenters. The monoisotopic (exact) mass is 355 g/mol. The summed E-state index contributed by atoms with van der Waals surface area (Å²) in [5.41, 5.74) is 1.72. The van der Waals surface area contributed by atoms with Crippen LogP contribution in [0, 0.1) is 13.8 Å². The smallest absolute Gasteiger partial charge is 0.265 e. The van der Waals surface area contributed by atoms with Crippen molar-refractivity contribution >= 4 is 17.0 Å². The second-order valence-electron chi connectivity index (χ2n) is 5.99. The first-order chi connectivity index (χ1) is 12.5. The summed E-state index contributed by atoms with van der Waals surface area (Å²) in [5, 5.41) is 3.22. The highest BCUT2D eigenvalue weighted by Crippen LogP contribution is 2.19. The summed E-state index contributed by atoms with van der Waals surface area (Å²) in [5.74, 6) is 1.18. The van der Waals surface area contributed by atoms with E-state index >= 15 is 0 Å². The second kappa shape index (κ2) is 7.43. The lowest BCUT2D eigenvalue weighted by molar-refractivity contribution is -0.121. The number of carbonyl (C=O) groups excluding carboxylic acids is 1. The molecule has 1 N–H and O–H groups in total. The molecular formula is C19H21N3O4. The van der Waals surface area contributed by atoms with E-state index in [0.717, 1.165) is 16.9 Å². The topological polar surface area (TPSA) is 86.4 Å². The van der Waals surface area contributed by atoms with Gasteiger partial charge in [-0.25, -0.2) is 4.98 Å². The molecule has 0 radical (unpaired) electrons. The molecule has 0 saturated carbocycles. The molecule has 1 amide bonds. The highest BCUT2D eigenvalue weighted by molar-refractivity contribution is 5.79. The summed E-state index contributed by atoms with van der Waals surface area (Å²) in [4.78, 5) is 28.9. The van der Waals surface area contributed by atoms with Crippen molar-refractivity contribution in [1.82, 2.24) is 14.9 Å². The fourth-order valence-electron chi connectivity index (χ4n) is 2.66. The predicted molar refractivity (Wildman–Crippen MR) is 97.2 cm³/mol. The molecule has 2 aromatic heterocycles. The third kappa shape index (κ3) is 3.61. The van der Waals surface area contributed by atoms with Crippen LogP contribution < -0.4 is 15.6 Å². The number of benzene rings is 1. The first-order valence-corrected chi connectivity index (χ1v) is 8.43. The summed E-state index contributed by atoms with van der Waals surface area (Å²) in [6, 6.07) is 7.50. The van der Waals surface area contributed by atoms with E-state index < -0.39 is 0 Å². The highest BCUT2D eigenvalue weighted by Gasteiger charge is 2.15. The first kappa shape index (κ1) is 17.7. The molecule has 0 bridgehead atoms. The minimum Gasteiger partial charge on any atom is -0.494 e. The number of hydrogen-bond donors (Lipinski definition) is 1. The van der Waals surface area contributed by atoms with E-state index in [2.05, 4.69) is 10.3 Å². The molecule has 0 spiro atoms. The second-order valence-corrected chi connectivity index (χ2v) is 5.99. The number of hydrogen-bond acceptors (Lipinski definition) is 5. The van der Waals surface area contributed by atoms with Gasteiger partial charge in [0.2, 0.25) is 11.6 Å². The number of aromatic nitrogens is 2. The summed E-state index contributed by atoms with van der Waals surface area (Å²) >= 11 is 0. The molecule has 26 heavy (non-hydrogen) atoms. The van der Waals surface area contributed by atoms with Crippen molar-refractivity contribution in [2.24, 2.45) is 0 Å². The maximum absolute atomic E-state index is 12.5. The maximum atomic E-state index is 12.5. The van der Waals surface area contributed by atoms with Crippen LogP contribution in [0.4, 0.5) is 0 Å². The summed E-state index contributed by atoms with van der Waals surface area (Å²) < 4.78 is 12.1. The Morgan fingerprint density at radius 2 is 2.00 bits per heavy atom. The minimum atomic E-state index is -0.277. The van der Waals surface area contributed by atoms with Crippen molar-refractivity contribution < 1.29 is 13.9 Å². The molecule has 3 aromatic rings. The van der Waals surface area contributed by atoms with Crippen molar-refractivity contribution in [3.8, 4) is 5.75 Å². The van der Waals surface area contributed by atoms with Gasteiger partial charge in [0.1, 0.15) is 29.8 Å². The van der Waals surface area contributed by atoms with Gasteiger partial charge in [0.15, 0.2) is 0 Å². The van der Waals surface area contributed by atoms with E-state index in [4.69, 9.17) is 9.15 Å². The van der Waals surface area contributed by atoms with Crippen LogP contribution in [0.25, 0.3) is 11.1 Å². The fourth-order valence-corrected chi connectivity index (χ4v) is 2.66. The van der Waals surface area contributed by atoms with Gasteiger partial charge in [-0.15, -0.1) is 0 Å². The third-order valence-corrected chi connectivity index (χ3v) is 4.19. The van der Waals surface area contributed by atoms with Gasteiger partial charge in [-0.2, -0.15) is 0 Å². The molecular weight excluding hydrogens is 334 g/mol. The van der Waals surface area contributed by atoms with Crippen LogP contribution in [0.3, 0.4) is 0 Å². The number of amides is 1. The number of nitrogens with one attached hydrogen (secondary N) is 1. The number of rotatable bonds is 6. The molecule has 7 nitrogen and oxygen atoms in total. The summed E-state index contributed by atoms with van der Waals surface area (Å²) in [6.45, 7) is 6.40. The average Bonchev–Trinajstić information content (AvgIpc) is 2.92. The molecule has 0 aliphatic heterocycles. The highest BCUT2D eigenvalue weighted by atomic mass is 16.5. The van der Waals surface area contributed by atoms with Crippen molar-refractivity contribution in [1.29, 1.82) is 0 Å². The van der Waals surface area contributed by atoms with Gasteiger partial charge in [0, 0.05) is 12.1 Å². The largest absolute Gasteiger partial charge is 0.494 e. The zero-order valence-electron chi connectivity index (χ0n) is 15.0. The Bertz CT molecular complexity index is 986. The normalized spacial score (nSPS) is 10.9. The number of ether oxygens (including phenoxy) is 1.